The molecule has 26 heavy (non-hydrogen) atoms. The molecule has 3 aromatic rings. The van der Waals surface area contributed by atoms with Crippen LogP contribution in [0.1, 0.15) is 0 Å². The van der Waals surface area contributed by atoms with E-state index in [1.165, 1.54) is 6.20 Å². The van der Waals surface area contributed by atoms with E-state index in [1.54, 1.807) is 16.7 Å². The highest BCUT2D eigenvalue weighted by Gasteiger charge is 2.28. The molecule has 1 aliphatic heterocycles. The van der Waals surface area contributed by atoms with E-state index in [0.717, 1.165) is 25.8 Å². The van der Waals surface area contributed by atoms with E-state index in [-0.39, 0.29) is 22.5 Å². The molecular formula is C18H11Cl2N3O2S. The molecule has 1 aliphatic rings. The zero-order chi connectivity index (χ0) is 18.3. The fourth-order valence-corrected chi connectivity index (χ4v) is 4.06. The second-order valence-corrected chi connectivity index (χ2v) is 7.40. The summed E-state index contributed by atoms with van der Waals surface area (Å²) in [4.78, 5) is 28.8. The van der Waals surface area contributed by atoms with Crippen LogP contribution in [0.25, 0.3) is 0 Å². The molecule has 0 saturated carbocycles. The molecule has 0 N–H and O–H groups in total. The molecule has 0 bridgehead atoms. The summed E-state index contributed by atoms with van der Waals surface area (Å²) < 4.78 is 1.02. The first-order chi connectivity index (χ1) is 12.6. The van der Waals surface area contributed by atoms with Crippen LogP contribution >= 0.6 is 35.0 Å². The van der Waals surface area contributed by atoms with Gasteiger partial charge < -0.3 is 0 Å². The maximum Gasteiger partial charge on any atom is 0.287 e. The lowest BCUT2D eigenvalue weighted by Gasteiger charge is -2.31. The highest BCUT2D eigenvalue weighted by atomic mass is 35.5. The van der Waals surface area contributed by atoms with E-state index in [1.807, 2.05) is 48.5 Å². The number of benzene rings is 2. The summed E-state index contributed by atoms with van der Waals surface area (Å²) >= 11 is 13.3. The van der Waals surface area contributed by atoms with Crippen LogP contribution in [-0.4, -0.2) is 15.7 Å². The molecule has 2 heterocycles. The van der Waals surface area contributed by atoms with E-state index in [4.69, 9.17) is 23.2 Å². The molecule has 0 radical (unpaired) electrons. The van der Waals surface area contributed by atoms with Crippen molar-refractivity contribution >= 4 is 52.2 Å². The van der Waals surface area contributed by atoms with Crippen molar-refractivity contribution in [2.75, 3.05) is 4.90 Å². The Hall–Kier alpha value is -2.28. The minimum Gasteiger partial charge on any atom is -0.277 e. The third kappa shape index (κ3) is 2.90. The van der Waals surface area contributed by atoms with Crippen molar-refractivity contribution in [3.05, 3.63) is 75.1 Å². The van der Waals surface area contributed by atoms with Gasteiger partial charge in [-0.3, -0.25) is 14.5 Å². The molecule has 0 fully saturated rings. The summed E-state index contributed by atoms with van der Waals surface area (Å²) in [5.74, 6) is -0.293. The van der Waals surface area contributed by atoms with Gasteiger partial charge in [0.25, 0.3) is 11.5 Å². The molecular weight excluding hydrogens is 393 g/mol. The van der Waals surface area contributed by atoms with Crippen LogP contribution in [0.4, 0.5) is 11.4 Å². The Bertz CT molecular complexity index is 1040. The number of halogens is 2. The number of hydrogen-bond donors (Lipinski definition) is 0. The largest absolute Gasteiger partial charge is 0.287 e. The van der Waals surface area contributed by atoms with Crippen LogP contribution in [0.3, 0.4) is 0 Å². The third-order valence-corrected chi connectivity index (χ3v) is 5.79. The molecule has 0 saturated heterocycles. The number of amides is 1. The van der Waals surface area contributed by atoms with Crippen molar-refractivity contribution in [2.45, 2.75) is 16.3 Å². The van der Waals surface area contributed by atoms with Gasteiger partial charge in [-0.1, -0.05) is 59.2 Å². The van der Waals surface area contributed by atoms with E-state index >= 15 is 0 Å². The van der Waals surface area contributed by atoms with Crippen molar-refractivity contribution in [3.63, 3.8) is 0 Å². The SMILES string of the molecule is O=C(Cn1ncc(Cl)c(Cl)c1=O)N1c2ccccc2Sc2ccccc21. The average molecular weight is 404 g/mol. The molecule has 4 rings (SSSR count). The quantitative estimate of drug-likeness (QED) is 0.636. The van der Waals surface area contributed by atoms with Gasteiger partial charge in [-0.15, -0.1) is 0 Å². The van der Waals surface area contributed by atoms with Gasteiger partial charge in [-0.05, 0) is 24.3 Å². The normalized spacial score (nSPS) is 12.5. The molecule has 0 aliphatic carbocycles. The number of para-hydroxylation sites is 2. The molecule has 2 aromatic carbocycles. The fraction of sp³-hybridized carbons (Fsp3) is 0.0556. The average Bonchev–Trinajstić information content (AvgIpc) is 2.66. The number of aromatic nitrogens is 2. The Morgan fingerprint density at radius 3 is 2.19 bits per heavy atom. The molecule has 130 valence electrons. The Kier molecular flexibility index (Phi) is 4.48. The van der Waals surface area contributed by atoms with Gasteiger partial charge in [0, 0.05) is 9.79 Å². The van der Waals surface area contributed by atoms with Gasteiger partial charge in [-0.2, -0.15) is 5.10 Å². The van der Waals surface area contributed by atoms with Gasteiger partial charge in [-0.25, -0.2) is 4.68 Å². The molecule has 0 spiro atoms. The first-order valence-corrected chi connectivity index (χ1v) is 9.23. The monoisotopic (exact) mass is 403 g/mol. The first-order valence-electron chi connectivity index (χ1n) is 7.66. The maximum absolute atomic E-state index is 13.1. The molecule has 0 atom stereocenters. The van der Waals surface area contributed by atoms with Gasteiger partial charge in [0.1, 0.15) is 11.6 Å². The second kappa shape index (κ2) is 6.79. The highest BCUT2D eigenvalue weighted by molar-refractivity contribution is 7.99. The minimum atomic E-state index is -0.597. The van der Waals surface area contributed by atoms with Crippen LogP contribution in [-0.2, 0) is 11.3 Å². The van der Waals surface area contributed by atoms with E-state index < -0.39 is 5.56 Å². The standard InChI is InChI=1S/C18H11Cl2N3O2S/c19-11-9-21-22(18(25)17(11)20)10-16(24)23-12-5-1-3-7-14(12)26-15-8-4-2-6-13(15)23/h1-9H,10H2. The van der Waals surface area contributed by atoms with Crippen LogP contribution in [0.2, 0.25) is 10.0 Å². The zero-order valence-electron chi connectivity index (χ0n) is 13.2. The Labute approximate surface area is 163 Å². The summed E-state index contributed by atoms with van der Waals surface area (Å²) in [5, 5.41) is 3.83. The van der Waals surface area contributed by atoms with E-state index in [9.17, 15) is 9.59 Å². The van der Waals surface area contributed by atoms with Crippen LogP contribution in [0.5, 0.6) is 0 Å². The summed E-state index contributed by atoms with van der Waals surface area (Å²) in [5.41, 5.74) is 0.948. The number of rotatable bonds is 2. The third-order valence-electron chi connectivity index (χ3n) is 3.91. The number of hydrogen-bond acceptors (Lipinski definition) is 4. The van der Waals surface area contributed by atoms with Crippen molar-refractivity contribution in [3.8, 4) is 0 Å². The summed E-state index contributed by atoms with van der Waals surface area (Å²) in [6, 6.07) is 15.3. The lowest BCUT2D eigenvalue weighted by molar-refractivity contribution is -0.118. The summed E-state index contributed by atoms with van der Waals surface area (Å²) in [6.45, 7) is -0.247. The smallest absolute Gasteiger partial charge is 0.277 e. The van der Waals surface area contributed by atoms with Gasteiger partial charge in [0.15, 0.2) is 0 Å². The summed E-state index contributed by atoms with van der Waals surface area (Å²) in [7, 11) is 0. The number of nitrogens with zero attached hydrogens (tertiary/aromatic N) is 3. The lowest BCUT2D eigenvalue weighted by Crippen LogP contribution is -2.36. The predicted molar refractivity (Wildman–Crippen MR) is 103 cm³/mol. The van der Waals surface area contributed by atoms with Crippen molar-refractivity contribution in [1.82, 2.24) is 9.78 Å². The van der Waals surface area contributed by atoms with Crippen LogP contribution in [0.15, 0.2) is 69.3 Å². The molecule has 5 nitrogen and oxygen atoms in total. The molecule has 1 amide bonds. The Morgan fingerprint density at radius 2 is 1.58 bits per heavy atom. The van der Waals surface area contributed by atoms with Gasteiger partial charge >= 0.3 is 0 Å². The van der Waals surface area contributed by atoms with Crippen molar-refractivity contribution in [1.29, 1.82) is 0 Å². The maximum atomic E-state index is 13.1. The molecule has 8 heteroatoms. The zero-order valence-corrected chi connectivity index (χ0v) is 15.6. The van der Waals surface area contributed by atoms with Crippen molar-refractivity contribution < 1.29 is 4.79 Å². The number of anilines is 2. The Balaban J connectivity index is 1.77. The Morgan fingerprint density at radius 1 is 1.00 bits per heavy atom. The first kappa shape index (κ1) is 17.1. The topological polar surface area (TPSA) is 55.2 Å². The number of fused-ring (bicyclic) bond motifs is 2. The predicted octanol–water partition coefficient (Wildman–Crippen LogP) is 4.38. The van der Waals surface area contributed by atoms with Gasteiger partial charge in [0.05, 0.1) is 22.6 Å². The van der Waals surface area contributed by atoms with Crippen LogP contribution < -0.4 is 10.5 Å². The van der Waals surface area contributed by atoms with E-state index in [2.05, 4.69) is 5.10 Å². The summed E-state index contributed by atoms with van der Waals surface area (Å²) in [6.07, 6.45) is 1.26. The number of carbonyl (C=O) groups excluding carboxylic acids is 1. The van der Waals surface area contributed by atoms with E-state index in [0.29, 0.717) is 0 Å². The fourth-order valence-electron chi connectivity index (χ4n) is 2.73. The molecule has 1 aromatic heterocycles. The lowest BCUT2D eigenvalue weighted by atomic mass is 10.2. The minimum absolute atomic E-state index is 0.0606. The molecule has 0 unspecified atom stereocenters. The van der Waals surface area contributed by atoms with Gasteiger partial charge in [0.2, 0.25) is 0 Å². The second-order valence-electron chi connectivity index (χ2n) is 5.54. The van der Waals surface area contributed by atoms with Crippen molar-refractivity contribution in [2.24, 2.45) is 0 Å². The van der Waals surface area contributed by atoms with Crippen LogP contribution in [0, 0.1) is 0 Å². The number of carbonyl (C=O) groups is 1. The highest BCUT2D eigenvalue weighted by Crippen LogP contribution is 2.47.